The van der Waals surface area contributed by atoms with E-state index in [0.717, 1.165) is 84.5 Å². The summed E-state index contributed by atoms with van der Waals surface area (Å²) in [6.07, 6.45) is 6.13. The van der Waals surface area contributed by atoms with Gasteiger partial charge in [0.1, 0.15) is 22.6 Å². The van der Waals surface area contributed by atoms with Crippen molar-refractivity contribution < 1.29 is 19.0 Å². The Bertz CT molecular complexity index is 1280. The van der Waals surface area contributed by atoms with Crippen LogP contribution >= 0.6 is 11.6 Å². The highest BCUT2D eigenvalue weighted by molar-refractivity contribution is 6.32. The van der Waals surface area contributed by atoms with Crippen LogP contribution < -0.4 is 9.47 Å². The number of aromatic nitrogens is 1. The van der Waals surface area contributed by atoms with Crippen LogP contribution in [0.5, 0.6) is 17.4 Å². The van der Waals surface area contributed by atoms with E-state index < -0.39 is 0 Å². The topological polar surface area (TPSA) is 54.8 Å². The monoisotopic (exact) mass is 538 g/mol. The van der Waals surface area contributed by atoms with Gasteiger partial charge < -0.3 is 14.6 Å². The molecule has 1 N–H and O–H groups in total. The molecule has 202 valence electrons. The molecule has 2 aliphatic rings. The fourth-order valence-corrected chi connectivity index (χ4v) is 5.65. The Morgan fingerprint density at radius 1 is 1.11 bits per heavy atom. The molecular weight excluding hydrogens is 503 g/mol. The van der Waals surface area contributed by atoms with Crippen molar-refractivity contribution in [3.8, 4) is 17.4 Å². The first kappa shape index (κ1) is 27.9. The molecule has 7 heteroatoms. The van der Waals surface area contributed by atoms with Crippen LogP contribution in [-0.2, 0) is 6.42 Å². The first-order valence-electron chi connectivity index (χ1n) is 12.9. The molecule has 0 amide bonds. The van der Waals surface area contributed by atoms with Crippen LogP contribution in [0.2, 0.25) is 5.02 Å². The molecule has 1 aromatic heterocycles. The number of aromatic hydroxyl groups is 1. The lowest BCUT2D eigenvalue weighted by Gasteiger charge is -2.19. The maximum Gasteiger partial charge on any atom is 0.232 e. The fraction of sp³-hybridized carbons (Fsp3) is 0.387. The number of fused-ring (bicyclic) bond motifs is 1. The number of phenolic OH excluding ortho intramolecular Hbond substituents is 1. The molecule has 0 spiro atoms. The van der Waals surface area contributed by atoms with E-state index in [-0.39, 0.29) is 26.0 Å². The minimum Gasteiger partial charge on any atom is -0.508 e. The van der Waals surface area contributed by atoms with E-state index in [9.17, 15) is 9.50 Å². The number of allylic oxidation sites excluding steroid dienone is 1. The summed E-state index contributed by atoms with van der Waals surface area (Å²) >= 11 is 6.46. The van der Waals surface area contributed by atoms with E-state index in [0.29, 0.717) is 17.3 Å². The maximum absolute atomic E-state index is 12.5. The summed E-state index contributed by atoms with van der Waals surface area (Å²) in [5, 5.41) is 10.6. The van der Waals surface area contributed by atoms with Gasteiger partial charge in [-0.2, -0.15) is 0 Å². The molecule has 0 unspecified atom stereocenters. The van der Waals surface area contributed by atoms with E-state index in [4.69, 9.17) is 21.1 Å². The molecule has 1 aliphatic heterocycles. The molecule has 0 saturated carbocycles. The smallest absolute Gasteiger partial charge is 0.232 e. The van der Waals surface area contributed by atoms with Crippen molar-refractivity contribution >= 4 is 22.7 Å². The van der Waals surface area contributed by atoms with Gasteiger partial charge in [0, 0.05) is 25.8 Å². The molecule has 1 saturated heterocycles. The zero-order valence-corrected chi connectivity index (χ0v) is 21.8. The van der Waals surface area contributed by atoms with Gasteiger partial charge >= 0.3 is 0 Å². The summed E-state index contributed by atoms with van der Waals surface area (Å²) in [6, 6.07) is 15.8. The average molecular weight is 539 g/mol. The van der Waals surface area contributed by atoms with Gasteiger partial charge in [0.05, 0.1) is 13.8 Å². The predicted molar refractivity (Wildman–Crippen MR) is 152 cm³/mol. The first-order chi connectivity index (χ1) is 18.1. The minimum absolute atomic E-state index is 0. The van der Waals surface area contributed by atoms with E-state index in [1.807, 2.05) is 36.5 Å². The van der Waals surface area contributed by atoms with Crippen molar-refractivity contribution in [2.75, 3.05) is 33.4 Å². The number of rotatable bonds is 8. The van der Waals surface area contributed by atoms with Gasteiger partial charge in [-0.15, -0.1) is 0 Å². The zero-order chi connectivity index (χ0) is 25.8. The lowest BCUT2D eigenvalue weighted by molar-refractivity contribution is 0.198. The van der Waals surface area contributed by atoms with E-state index >= 15 is 0 Å². The Kier molecular flexibility index (Phi) is 9.29. The van der Waals surface area contributed by atoms with Crippen molar-refractivity contribution in [1.82, 2.24) is 9.88 Å². The number of hydrogen-bond acceptors (Lipinski definition) is 5. The van der Waals surface area contributed by atoms with Gasteiger partial charge in [-0.25, -0.2) is 4.98 Å². The predicted octanol–water partition coefficient (Wildman–Crippen LogP) is 7.19. The van der Waals surface area contributed by atoms with E-state index in [2.05, 4.69) is 22.0 Å². The van der Waals surface area contributed by atoms with Crippen LogP contribution in [0.3, 0.4) is 0 Å². The van der Waals surface area contributed by atoms with Gasteiger partial charge in [-0.3, -0.25) is 9.29 Å². The normalized spacial score (nSPS) is 17.5. The number of nitrogens with zero attached hydrogens (tertiary/aromatic N) is 2. The van der Waals surface area contributed by atoms with Crippen LogP contribution in [0.25, 0.3) is 11.1 Å². The molecule has 1 fully saturated rings. The highest BCUT2D eigenvalue weighted by Gasteiger charge is 2.24. The Labute approximate surface area is 229 Å². The summed E-state index contributed by atoms with van der Waals surface area (Å²) in [5.41, 5.74) is 6.53. The Morgan fingerprint density at radius 3 is 2.66 bits per heavy atom. The Hall–Kier alpha value is -3.09. The van der Waals surface area contributed by atoms with Crippen molar-refractivity contribution in [2.24, 2.45) is 0 Å². The molecule has 2 aromatic carbocycles. The van der Waals surface area contributed by atoms with Crippen molar-refractivity contribution in [3.63, 3.8) is 0 Å². The molecule has 38 heavy (non-hydrogen) atoms. The number of pyridine rings is 1. The summed E-state index contributed by atoms with van der Waals surface area (Å²) in [7, 11) is 1.56. The molecular formula is C31H36ClFN2O3. The highest BCUT2D eigenvalue weighted by Crippen LogP contribution is 2.42. The molecule has 2 heterocycles. The van der Waals surface area contributed by atoms with Gasteiger partial charge in [0.25, 0.3) is 0 Å². The van der Waals surface area contributed by atoms with Crippen LogP contribution in [0.1, 0.15) is 55.4 Å². The third kappa shape index (κ3) is 6.13. The largest absolute Gasteiger partial charge is 0.508 e. The number of halogens is 2. The molecule has 3 aromatic rings. The number of benzene rings is 2. The second-order valence-electron chi connectivity index (χ2n) is 9.66. The number of methoxy groups -OCH3 is 1. The fourth-order valence-electron chi connectivity index (χ4n) is 5.41. The van der Waals surface area contributed by atoms with Gasteiger partial charge in [0.2, 0.25) is 5.88 Å². The number of ether oxygens (including phenoxy) is 2. The van der Waals surface area contributed by atoms with Gasteiger partial charge in [-0.05, 0) is 95.8 Å². The molecule has 0 bridgehead atoms. The van der Waals surface area contributed by atoms with Crippen molar-refractivity contribution in [3.05, 3.63) is 82.0 Å². The standard InChI is InChI=1S/C30H32ClFN2O3.CH4/c1-36-30-28(31)17-22(18-33-30)26-5-2-4-21-16-23(35)8-11-27(21)29(26)20-6-9-24(10-7-20)37-25-12-15-34(19-25)14-3-13-32;/h6-11,16-18,25,35H,2-5,12-15,19H2,1H3;1H4/t25-;/m0./s1. The SMILES string of the molecule is C.COc1ncc(C2=C(c3ccc(O[C@H]4CCN(CCCF)C4)cc3)c3ccc(O)cc3CCC2)cc1Cl. The number of likely N-dealkylation sites (tertiary alicyclic amines) is 1. The number of phenols is 1. The van der Waals surface area contributed by atoms with Crippen LogP contribution in [0, 0.1) is 0 Å². The van der Waals surface area contributed by atoms with Crippen LogP contribution in [0.4, 0.5) is 4.39 Å². The number of hydrogen-bond donors (Lipinski definition) is 1. The molecule has 1 atom stereocenters. The zero-order valence-electron chi connectivity index (χ0n) is 21.1. The lowest BCUT2D eigenvalue weighted by Crippen LogP contribution is -2.26. The lowest BCUT2D eigenvalue weighted by atomic mass is 9.88. The number of aryl methyl sites for hydroxylation is 1. The van der Waals surface area contributed by atoms with Crippen molar-refractivity contribution in [2.45, 2.75) is 45.6 Å². The second kappa shape index (κ2) is 12.6. The van der Waals surface area contributed by atoms with Gasteiger partial charge in [0.15, 0.2) is 0 Å². The highest BCUT2D eigenvalue weighted by atomic mass is 35.5. The third-order valence-corrected chi connectivity index (χ3v) is 7.44. The Balaban J connectivity index is 0.00000336. The maximum atomic E-state index is 12.5. The summed E-state index contributed by atoms with van der Waals surface area (Å²) in [5.74, 6) is 1.51. The summed E-state index contributed by atoms with van der Waals surface area (Å²) in [6.45, 7) is 2.29. The quantitative estimate of drug-likeness (QED) is 0.329. The molecule has 0 radical (unpaired) electrons. The Morgan fingerprint density at radius 2 is 1.92 bits per heavy atom. The minimum atomic E-state index is -0.275. The molecule has 5 nitrogen and oxygen atoms in total. The van der Waals surface area contributed by atoms with Crippen LogP contribution in [0.15, 0.2) is 54.7 Å². The molecule has 1 aliphatic carbocycles. The van der Waals surface area contributed by atoms with Crippen LogP contribution in [-0.4, -0.2) is 54.5 Å². The van der Waals surface area contributed by atoms with E-state index in [1.165, 1.54) is 0 Å². The van der Waals surface area contributed by atoms with Crippen molar-refractivity contribution in [1.29, 1.82) is 0 Å². The third-order valence-electron chi connectivity index (χ3n) is 7.16. The molecule has 5 rings (SSSR count). The summed E-state index contributed by atoms with van der Waals surface area (Å²) in [4.78, 5) is 6.69. The number of alkyl halides is 1. The summed E-state index contributed by atoms with van der Waals surface area (Å²) < 4.78 is 24.1. The average Bonchev–Trinajstić information content (AvgIpc) is 3.26. The van der Waals surface area contributed by atoms with E-state index in [1.54, 1.807) is 13.2 Å². The second-order valence-corrected chi connectivity index (χ2v) is 10.1. The van der Waals surface area contributed by atoms with Gasteiger partial charge in [-0.1, -0.05) is 37.2 Å². The first-order valence-corrected chi connectivity index (χ1v) is 13.2.